The van der Waals surface area contributed by atoms with E-state index in [0.29, 0.717) is 12.8 Å². The molecule has 1 unspecified atom stereocenters. The summed E-state index contributed by atoms with van der Waals surface area (Å²) in [6, 6.07) is 7.69. The Balaban J connectivity index is 2.11. The van der Waals surface area contributed by atoms with Crippen LogP contribution in [-0.2, 0) is 9.59 Å². The Morgan fingerprint density at radius 1 is 1.12 bits per heavy atom. The van der Waals surface area contributed by atoms with E-state index in [4.69, 9.17) is 4.74 Å². The van der Waals surface area contributed by atoms with Crippen LogP contribution in [0.2, 0.25) is 0 Å². The third kappa shape index (κ3) is 3.21. The number of carbonyl (C=O) groups excluding carboxylic acids is 2. The van der Waals surface area contributed by atoms with Gasteiger partial charge in [-0.05, 0) is 29.5 Å². The molecule has 134 valence electrons. The monoisotopic (exact) mass is 342 g/mol. The zero-order chi connectivity index (χ0) is 18.4. The number of carbonyl (C=O) groups is 2. The van der Waals surface area contributed by atoms with Crippen LogP contribution in [0.1, 0.15) is 44.6 Å². The lowest BCUT2D eigenvalue weighted by atomic mass is 9.69. The van der Waals surface area contributed by atoms with Gasteiger partial charge in [-0.3, -0.25) is 9.59 Å². The van der Waals surface area contributed by atoms with E-state index in [-0.39, 0.29) is 23.0 Å². The molecular weight excluding hydrogens is 316 g/mol. The van der Waals surface area contributed by atoms with Gasteiger partial charge in [0.1, 0.15) is 5.75 Å². The van der Waals surface area contributed by atoms with Crippen LogP contribution >= 0.6 is 0 Å². The van der Waals surface area contributed by atoms with E-state index in [9.17, 15) is 9.59 Å². The summed E-state index contributed by atoms with van der Waals surface area (Å²) in [5.41, 5.74) is 2.53. The van der Waals surface area contributed by atoms with Gasteiger partial charge >= 0.3 is 0 Å². The number of Topliss-reactive ketones (excluding diaryl/α,β-unsaturated/α-hetero) is 1. The number of hydrazine groups is 1. The van der Waals surface area contributed by atoms with Crippen molar-refractivity contribution in [1.82, 2.24) is 10.0 Å². The minimum absolute atomic E-state index is 0.0371. The van der Waals surface area contributed by atoms with E-state index >= 15 is 0 Å². The largest absolute Gasteiger partial charge is 0.497 e. The minimum atomic E-state index is -0.173. The average Bonchev–Trinajstić information content (AvgIpc) is 2.52. The SMILES string of the molecule is COc1ccc(C2CC(=O)N(N(C)C)C3=C2C(=O)CC(C)(C)C3)cc1. The fourth-order valence-corrected chi connectivity index (χ4v) is 3.99. The predicted octanol–water partition coefficient (Wildman–Crippen LogP) is 3.13. The summed E-state index contributed by atoms with van der Waals surface area (Å²) in [5, 5.41) is 3.48. The molecule has 1 aliphatic heterocycles. The Morgan fingerprint density at radius 3 is 2.32 bits per heavy atom. The van der Waals surface area contributed by atoms with Crippen LogP contribution in [0, 0.1) is 5.41 Å². The standard InChI is InChI=1S/C20H26N2O3/c1-20(2)11-16-19(17(23)12-20)15(10-18(24)22(16)21(3)4)13-6-8-14(25-5)9-7-13/h6-9,15H,10-12H2,1-5H3. The zero-order valence-electron chi connectivity index (χ0n) is 15.6. The highest BCUT2D eigenvalue weighted by Crippen LogP contribution is 2.47. The highest BCUT2D eigenvalue weighted by Gasteiger charge is 2.44. The summed E-state index contributed by atoms with van der Waals surface area (Å²) in [6.45, 7) is 4.17. The van der Waals surface area contributed by atoms with Crippen LogP contribution in [0.25, 0.3) is 0 Å². The van der Waals surface area contributed by atoms with Crippen molar-refractivity contribution in [3.8, 4) is 5.75 Å². The van der Waals surface area contributed by atoms with Crippen LogP contribution < -0.4 is 4.74 Å². The molecule has 0 spiro atoms. The highest BCUT2D eigenvalue weighted by molar-refractivity contribution is 6.01. The number of hydrogen-bond acceptors (Lipinski definition) is 4. The maximum absolute atomic E-state index is 13.0. The van der Waals surface area contributed by atoms with Gasteiger partial charge in [-0.25, -0.2) is 10.0 Å². The van der Waals surface area contributed by atoms with Gasteiger partial charge < -0.3 is 4.74 Å². The normalized spacial score (nSPS) is 23.1. The molecule has 0 fully saturated rings. The van der Waals surface area contributed by atoms with Crippen molar-refractivity contribution in [2.24, 2.45) is 5.41 Å². The molecule has 1 aromatic carbocycles. The van der Waals surface area contributed by atoms with Gasteiger partial charge in [0.15, 0.2) is 5.78 Å². The van der Waals surface area contributed by atoms with E-state index in [1.165, 1.54) is 0 Å². The number of nitrogens with zero attached hydrogens (tertiary/aromatic N) is 2. The summed E-state index contributed by atoms with van der Waals surface area (Å²) in [5.74, 6) is 0.792. The molecule has 3 rings (SSSR count). The number of benzene rings is 1. The number of rotatable bonds is 3. The molecule has 1 aliphatic carbocycles. The van der Waals surface area contributed by atoms with Crippen LogP contribution in [0.15, 0.2) is 35.5 Å². The average molecular weight is 342 g/mol. The molecule has 5 heteroatoms. The number of ether oxygens (including phenoxy) is 1. The summed E-state index contributed by atoms with van der Waals surface area (Å²) < 4.78 is 5.22. The van der Waals surface area contributed by atoms with Crippen molar-refractivity contribution in [1.29, 1.82) is 0 Å². The first kappa shape index (κ1) is 17.7. The summed E-state index contributed by atoms with van der Waals surface area (Å²) in [6.07, 6.45) is 1.56. The lowest BCUT2D eigenvalue weighted by Crippen LogP contribution is -2.49. The van der Waals surface area contributed by atoms with E-state index in [1.54, 1.807) is 17.1 Å². The quantitative estimate of drug-likeness (QED) is 0.847. The van der Waals surface area contributed by atoms with Crippen molar-refractivity contribution in [2.45, 2.75) is 39.0 Å². The van der Waals surface area contributed by atoms with Crippen LogP contribution in [0.5, 0.6) is 5.75 Å². The first-order chi connectivity index (χ1) is 11.7. The molecule has 25 heavy (non-hydrogen) atoms. The third-order valence-electron chi connectivity index (χ3n) is 5.03. The molecule has 0 radical (unpaired) electrons. The fraction of sp³-hybridized carbons (Fsp3) is 0.500. The Bertz CT molecular complexity index is 732. The minimum Gasteiger partial charge on any atom is -0.497 e. The second kappa shape index (κ2) is 6.30. The topological polar surface area (TPSA) is 49.9 Å². The molecule has 0 N–H and O–H groups in total. The summed E-state index contributed by atoms with van der Waals surface area (Å²) in [7, 11) is 5.33. The predicted molar refractivity (Wildman–Crippen MR) is 95.9 cm³/mol. The lowest BCUT2D eigenvalue weighted by Gasteiger charge is -2.44. The first-order valence-corrected chi connectivity index (χ1v) is 8.64. The van der Waals surface area contributed by atoms with Crippen LogP contribution in [-0.4, -0.2) is 42.9 Å². The summed E-state index contributed by atoms with van der Waals surface area (Å²) >= 11 is 0. The Hall–Kier alpha value is -2.14. The van der Waals surface area contributed by atoms with Gasteiger partial charge in [0, 0.05) is 44.1 Å². The molecule has 0 saturated heterocycles. The Kier molecular flexibility index (Phi) is 4.45. The molecule has 0 bridgehead atoms. The second-order valence-corrected chi connectivity index (χ2v) is 7.88. The maximum Gasteiger partial charge on any atom is 0.242 e. The number of amides is 1. The van der Waals surface area contributed by atoms with Crippen molar-refractivity contribution < 1.29 is 14.3 Å². The van der Waals surface area contributed by atoms with Crippen LogP contribution in [0.3, 0.4) is 0 Å². The molecule has 1 atom stereocenters. The number of methoxy groups -OCH3 is 1. The lowest BCUT2D eigenvalue weighted by molar-refractivity contribution is -0.143. The fourth-order valence-electron chi connectivity index (χ4n) is 3.99. The van der Waals surface area contributed by atoms with Crippen molar-refractivity contribution >= 4 is 11.7 Å². The van der Waals surface area contributed by atoms with Crippen molar-refractivity contribution in [3.05, 3.63) is 41.1 Å². The Labute approximate surface area is 149 Å². The third-order valence-corrected chi connectivity index (χ3v) is 5.03. The molecule has 0 aromatic heterocycles. The van der Waals surface area contributed by atoms with Crippen LogP contribution in [0.4, 0.5) is 0 Å². The van der Waals surface area contributed by atoms with Gasteiger partial charge in [0.05, 0.1) is 7.11 Å². The smallest absolute Gasteiger partial charge is 0.242 e. The maximum atomic E-state index is 13.0. The van der Waals surface area contributed by atoms with E-state index in [0.717, 1.165) is 29.0 Å². The molecule has 1 heterocycles. The number of allylic oxidation sites excluding steroid dienone is 2. The van der Waals surface area contributed by atoms with E-state index in [1.807, 2.05) is 38.4 Å². The summed E-state index contributed by atoms with van der Waals surface area (Å²) in [4.78, 5) is 25.8. The van der Waals surface area contributed by atoms with Gasteiger partial charge in [-0.15, -0.1) is 0 Å². The van der Waals surface area contributed by atoms with E-state index < -0.39 is 0 Å². The highest BCUT2D eigenvalue weighted by atomic mass is 16.5. The molecule has 1 aromatic rings. The molecule has 1 amide bonds. The van der Waals surface area contributed by atoms with Crippen molar-refractivity contribution in [2.75, 3.05) is 21.2 Å². The zero-order valence-corrected chi connectivity index (χ0v) is 15.6. The molecular formula is C20H26N2O3. The first-order valence-electron chi connectivity index (χ1n) is 8.64. The Morgan fingerprint density at radius 2 is 1.76 bits per heavy atom. The second-order valence-electron chi connectivity index (χ2n) is 7.88. The molecule has 0 saturated carbocycles. The van der Waals surface area contributed by atoms with Gasteiger partial charge in [0.25, 0.3) is 0 Å². The van der Waals surface area contributed by atoms with Gasteiger partial charge in [0.2, 0.25) is 5.91 Å². The number of ketones is 1. The van der Waals surface area contributed by atoms with E-state index in [2.05, 4.69) is 13.8 Å². The molecule has 5 nitrogen and oxygen atoms in total. The van der Waals surface area contributed by atoms with Gasteiger partial charge in [-0.1, -0.05) is 26.0 Å². The van der Waals surface area contributed by atoms with Gasteiger partial charge in [-0.2, -0.15) is 0 Å². The van der Waals surface area contributed by atoms with Crippen molar-refractivity contribution in [3.63, 3.8) is 0 Å². The number of hydrogen-bond donors (Lipinski definition) is 0. The molecule has 2 aliphatic rings.